The average Bonchev–Trinajstić information content (AvgIpc) is 4.00. The van der Waals surface area contributed by atoms with Gasteiger partial charge in [-0.2, -0.15) is 37.2 Å². The lowest BCUT2D eigenvalue weighted by atomic mass is 10.1. The largest absolute Gasteiger partial charge is 1.00 e. The second kappa shape index (κ2) is 24.2. The van der Waals surface area contributed by atoms with Crippen LogP contribution in [-0.2, 0) is 53.3 Å². The van der Waals surface area contributed by atoms with Gasteiger partial charge < -0.3 is 42.9 Å². The van der Waals surface area contributed by atoms with Crippen molar-refractivity contribution in [2.75, 3.05) is 80.1 Å². The van der Waals surface area contributed by atoms with Crippen molar-refractivity contribution in [1.82, 2.24) is 53.6 Å². The molecule has 3 fully saturated rings. The van der Waals surface area contributed by atoms with E-state index in [-0.39, 0.29) is 24.5 Å². The number of carbonyl (C=O) groups is 1. The SMILES string of the molecule is CN1CCC(N(c2cnn(C)c2)S(=O)(=O)NC(=O)OC(C)(C)C)CC1.CN1CCC(Nc2cnn(C)c2)CC1.Cn1cc(N(C2CC[NH+](C)CC2)S(N)(=O)=O)cn1.Cn1cc(N)cn1.[Cl-]. The molecule has 0 radical (unpaired) electrons. The van der Waals surface area contributed by atoms with Gasteiger partial charge in [0.25, 0.3) is 10.2 Å². The standard InChI is InChI=1S/C15H27N5O4S.C10H19N5O2S.C10H18N4.C4H7N3.ClH/c1-15(2,3)24-14(21)17-25(22,23)20(13-10-16-19(5)11-13)12-6-8-18(4)9-7-12;1-13-5-3-9(4-6-13)15(18(11,16)17)10-7-12-14(2)8-10;1-13-5-3-9(4-6-13)12-10-7-11-14(2)8-10;1-7-3-4(5)2-6-7;/h10-12H,6-9H2,1-5H3,(H,17,21);7-9H,3-6H2,1-2H3,(H2,11,16,17);7-9,12H,3-6H2,1-2H3;2-3H,5H2,1H3;1H. The summed E-state index contributed by atoms with van der Waals surface area (Å²) in [5.41, 5.74) is 7.33. The zero-order valence-electron chi connectivity index (χ0n) is 39.5. The molecule has 0 atom stereocenters. The molecule has 0 aromatic carbocycles. The van der Waals surface area contributed by atoms with E-state index >= 15 is 0 Å². The van der Waals surface area contributed by atoms with E-state index in [1.54, 1.807) is 69.0 Å². The quantitative estimate of drug-likeness (QED) is 0.113. The highest BCUT2D eigenvalue weighted by molar-refractivity contribution is 7.91. The number of quaternary nitrogens is 1. The van der Waals surface area contributed by atoms with E-state index in [1.165, 1.54) is 56.5 Å². The minimum absolute atomic E-state index is 0. The molecular formula is C39H72ClN17O6S2. The normalized spacial score (nSPS) is 18.9. The Morgan fingerprint density at radius 2 is 1.15 bits per heavy atom. The number of halogens is 1. The number of carbonyl (C=O) groups excluding carboxylic acids is 1. The second-order valence-electron chi connectivity index (χ2n) is 17.8. The Bertz CT molecular complexity index is 2240. The summed E-state index contributed by atoms with van der Waals surface area (Å²) in [6, 6.07) is 0.309. The van der Waals surface area contributed by atoms with Crippen LogP contribution in [0.25, 0.3) is 0 Å². The van der Waals surface area contributed by atoms with E-state index in [4.69, 9.17) is 15.6 Å². The highest BCUT2D eigenvalue weighted by Crippen LogP contribution is 2.26. The van der Waals surface area contributed by atoms with Crippen LogP contribution in [0.15, 0.2) is 49.6 Å². The molecule has 3 aliphatic heterocycles. The molecule has 4 aromatic heterocycles. The maximum absolute atomic E-state index is 12.9. The van der Waals surface area contributed by atoms with Crippen LogP contribution in [0.3, 0.4) is 0 Å². The van der Waals surface area contributed by atoms with Gasteiger partial charge in [0, 0.05) is 77.9 Å². The van der Waals surface area contributed by atoms with Crippen LogP contribution >= 0.6 is 0 Å². The minimum atomic E-state index is -4.11. The van der Waals surface area contributed by atoms with E-state index in [9.17, 15) is 21.6 Å². The number of nitrogens with two attached hydrogens (primary N) is 2. The number of ether oxygens (including phenoxy) is 1. The first-order chi connectivity index (χ1) is 29.9. The fourth-order valence-corrected chi connectivity index (χ4v) is 9.83. The summed E-state index contributed by atoms with van der Waals surface area (Å²) >= 11 is 0. The van der Waals surface area contributed by atoms with Gasteiger partial charge in [0.15, 0.2) is 0 Å². The Kier molecular flexibility index (Phi) is 20.4. The van der Waals surface area contributed by atoms with Crippen molar-refractivity contribution >= 4 is 49.3 Å². The molecule has 7 rings (SSSR count). The van der Waals surface area contributed by atoms with Gasteiger partial charge in [-0.05, 0) is 86.7 Å². The Morgan fingerprint density at radius 3 is 1.55 bits per heavy atom. The summed E-state index contributed by atoms with van der Waals surface area (Å²) < 4.78 is 65.6. The van der Waals surface area contributed by atoms with Crippen LogP contribution in [0.5, 0.6) is 0 Å². The third-order valence-electron chi connectivity index (χ3n) is 10.7. The van der Waals surface area contributed by atoms with Gasteiger partial charge in [-0.15, -0.1) is 0 Å². The summed E-state index contributed by atoms with van der Waals surface area (Å²) in [6.07, 6.45) is 18.0. The average molecular weight is 975 g/mol. The fraction of sp³-hybridized carbons (Fsp3) is 0.667. The van der Waals surface area contributed by atoms with Crippen molar-refractivity contribution in [3.63, 3.8) is 0 Å². The Morgan fingerprint density at radius 1 is 0.708 bits per heavy atom. The van der Waals surface area contributed by atoms with Gasteiger partial charge in [-0.3, -0.25) is 23.0 Å². The summed E-state index contributed by atoms with van der Waals surface area (Å²) in [6.45, 7) is 10.9. The molecular weight excluding hydrogens is 902 g/mol. The smallest absolute Gasteiger partial charge is 0.422 e. The molecule has 7 heterocycles. The monoisotopic (exact) mass is 973 g/mol. The number of likely N-dealkylation sites (tertiary alicyclic amines) is 3. The number of aryl methyl sites for hydroxylation is 4. The summed E-state index contributed by atoms with van der Waals surface area (Å²) in [5.74, 6) is 0. The number of nitrogens with zero attached hydrogens (tertiary/aromatic N) is 12. The molecule has 7 N–H and O–H groups in total. The number of piperidine rings is 3. The van der Waals surface area contributed by atoms with Gasteiger partial charge in [0.1, 0.15) is 5.60 Å². The maximum Gasteiger partial charge on any atom is 0.422 e. The molecule has 0 spiro atoms. The Labute approximate surface area is 391 Å². The topological polar surface area (TPSA) is 259 Å². The number of rotatable bonds is 9. The summed E-state index contributed by atoms with van der Waals surface area (Å²) in [7, 11) is 5.67. The van der Waals surface area contributed by atoms with E-state index in [2.05, 4.69) is 49.6 Å². The molecule has 0 aliphatic carbocycles. The van der Waals surface area contributed by atoms with Crippen molar-refractivity contribution in [2.45, 2.75) is 83.0 Å². The number of anilines is 4. The lowest BCUT2D eigenvalue weighted by molar-refractivity contribution is -0.884. The molecule has 23 nitrogen and oxygen atoms in total. The molecule has 65 heavy (non-hydrogen) atoms. The first kappa shape index (κ1) is 54.7. The van der Waals surface area contributed by atoms with Crippen LogP contribution < -0.4 is 46.8 Å². The number of hydrogen-bond donors (Lipinski definition) is 5. The van der Waals surface area contributed by atoms with Crippen LogP contribution in [0.4, 0.5) is 27.5 Å². The molecule has 26 heteroatoms. The van der Waals surface area contributed by atoms with Gasteiger partial charge in [-0.25, -0.2) is 19.0 Å². The third kappa shape index (κ3) is 18.3. The lowest BCUT2D eigenvalue weighted by Gasteiger charge is -2.36. The summed E-state index contributed by atoms with van der Waals surface area (Å²) in [5, 5.41) is 24.9. The Hall–Kier alpha value is -4.66. The van der Waals surface area contributed by atoms with Gasteiger partial charge in [0.2, 0.25) is 0 Å². The zero-order chi connectivity index (χ0) is 47.4. The van der Waals surface area contributed by atoms with Crippen LogP contribution in [0.2, 0.25) is 0 Å². The fourth-order valence-electron chi connectivity index (χ4n) is 7.49. The van der Waals surface area contributed by atoms with Crippen molar-refractivity contribution in [2.24, 2.45) is 33.3 Å². The van der Waals surface area contributed by atoms with Gasteiger partial charge in [0.05, 0.1) is 73.7 Å². The first-order valence-electron chi connectivity index (χ1n) is 21.4. The first-order valence-corrected chi connectivity index (χ1v) is 24.3. The molecule has 3 saturated heterocycles. The lowest BCUT2D eigenvalue weighted by Crippen LogP contribution is -3.10. The van der Waals surface area contributed by atoms with Gasteiger partial charge >= 0.3 is 16.3 Å². The maximum atomic E-state index is 12.9. The molecule has 0 saturated carbocycles. The van der Waals surface area contributed by atoms with E-state index < -0.39 is 32.1 Å². The van der Waals surface area contributed by atoms with Crippen LogP contribution in [0, 0.1) is 0 Å². The van der Waals surface area contributed by atoms with E-state index in [0.29, 0.717) is 35.9 Å². The van der Waals surface area contributed by atoms with Gasteiger partial charge in [-0.1, -0.05) is 0 Å². The van der Waals surface area contributed by atoms with E-state index in [0.717, 1.165) is 44.7 Å². The number of nitrogen functional groups attached to an aromatic ring is 1. The van der Waals surface area contributed by atoms with Crippen LogP contribution in [-0.4, -0.2) is 156 Å². The molecule has 4 aromatic rings. The van der Waals surface area contributed by atoms with Crippen molar-refractivity contribution in [3.05, 3.63) is 49.6 Å². The molecule has 1 amide bonds. The highest BCUT2D eigenvalue weighted by Gasteiger charge is 2.36. The molecule has 368 valence electrons. The van der Waals surface area contributed by atoms with Crippen molar-refractivity contribution < 1.29 is 43.7 Å². The number of nitrogens with one attached hydrogen (secondary N) is 3. The predicted molar refractivity (Wildman–Crippen MR) is 248 cm³/mol. The zero-order valence-corrected chi connectivity index (χ0v) is 41.9. The number of amides is 1. The minimum Gasteiger partial charge on any atom is -1.00 e. The second-order valence-corrected chi connectivity index (χ2v) is 20.8. The molecule has 0 bridgehead atoms. The number of aromatic nitrogens is 8. The number of hydrogen-bond acceptors (Lipinski definition) is 14. The van der Waals surface area contributed by atoms with Crippen molar-refractivity contribution in [3.8, 4) is 0 Å². The van der Waals surface area contributed by atoms with E-state index in [1.807, 2.05) is 42.9 Å². The molecule has 0 unspecified atom stereocenters. The summed E-state index contributed by atoms with van der Waals surface area (Å²) in [4.78, 5) is 17.9. The highest BCUT2D eigenvalue weighted by atomic mass is 35.5. The third-order valence-corrected chi connectivity index (χ3v) is 13.2. The van der Waals surface area contributed by atoms with Crippen molar-refractivity contribution in [1.29, 1.82) is 0 Å². The molecule has 3 aliphatic rings. The predicted octanol–water partition coefficient (Wildman–Crippen LogP) is -2.87. The Balaban J connectivity index is 0.000000246. The van der Waals surface area contributed by atoms with Crippen LogP contribution in [0.1, 0.15) is 59.3 Å².